The molecule has 0 bridgehead atoms. The highest BCUT2D eigenvalue weighted by atomic mass is 16.5. The second-order valence-electron chi connectivity index (χ2n) is 10.4. The van der Waals surface area contributed by atoms with E-state index >= 15 is 0 Å². The number of nitrogens with one attached hydrogen (secondary N) is 2. The molecule has 3 N–H and O–H groups in total. The molecule has 2 amide bonds. The van der Waals surface area contributed by atoms with Crippen LogP contribution in [0.5, 0.6) is 23.0 Å². The van der Waals surface area contributed by atoms with Crippen molar-refractivity contribution in [2.45, 2.75) is 25.3 Å². The summed E-state index contributed by atoms with van der Waals surface area (Å²) < 4.78 is 17.7. The highest BCUT2D eigenvalue weighted by Crippen LogP contribution is 2.37. The first-order chi connectivity index (χ1) is 22.4. The summed E-state index contributed by atoms with van der Waals surface area (Å²) in [6.07, 6.45) is 2.28. The van der Waals surface area contributed by atoms with Gasteiger partial charge in [0.1, 0.15) is 17.5 Å². The average Bonchev–Trinajstić information content (AvgIpc) is 3.08. The molecule has 0 aliphatic carbocycles. The number of methoxy groups -OCH3 is 1. The van der Waals surface area contributed by atoms with Gasteiger partial charge in [-0.2, -0.15) is 0 Å². The largest absolute Gasteiger partial charge is 0.493 e. The maximum Gasteiger partial charge on any atom is 0.326 e. The van der Waals surface area contributed by atoms with E-state index in [0.717, 1.165) is 5.56 Å². The summed E-state index contributed by atoms with van der Waals surface area (Å²) in [5.41, 5.74) is 2.64. The molecular formula is C36H33N3O7. The van der Waals surface area contributed by atoms with E-state index in [-0.39, 0.29) is 31.3 Å². The molecule has 5 rings (SSSR count). The number of ether oxygens (including phenoxy) is 3. The first kappa shape index (κ1) is 31.5. The first-order valence-electron chi connectivity index (χ1n) is 14.7. The van der Waals surface area contributed by atoms with Gasteiger partial charge in [-0.05, 0) is 60.5 Å². The maximum atomic E-state index is 12.5. The van der Waals surface area contributed by atoms with Gasteiger partial charge in [-0.3, -0.25) is 14.6 Å². The number of carboxylic acid groups (broad SMARTS) is 1. The van der Waals surface area contributed by atoms with Gasteiger partial charge in [-0.25, -0.2) is 4.79 Å². The Balaban J connectivity index is 1.17. The zero-order chi connectivity index (χ0) is 32.3. The van der Waals surface area contributed by atoms with Crippen molar-refractivity contribution in [2.24, 2.45) is 0 Å². The Hall–Kier alpha value is -5.90. The van der Waals surface area contributed by atoms with E-state index in [1.165, 1.54) is 7.11 Å². The minimum absolute atomic E-state index is 0.0967. The number of anilines is 1. The second kappa shape index (κ2) is 15.2. The van der Waals surface area contributed by atoms with E-state index in [1.54, 1.807) is 60.8 Å². The van der Waals surface area contributed by atoms with E-state index in [9.17, 15) is 19.5 Å². The molecule has 0 unspecified atom stereocenters. The third-order valence-electron chi connectivity index (χ3n) is 7.08. The van der Waals surface area contributed by atoms with Gasteiger partial charge in [-0.15, -0.1) is 0 Å². The van der Waals surface area contributed by atoms with Crippen LogP contribution >= 0.6 is 0 Å². The number of nitrogens with zero attached hydrogens (tertiary/aromatic N) is 1. The van der Waals surface area contributed by atoms with Crippen LogP contribution in [0.25, 0.3) is 10.9 Å². The van der Waals surface area contributed by atoms with Crippen LogP contribution in [0.1, 0.15) is 28.8 Å². The zero-order valence-electron chi connectivity index (χ0n) is 25.1. The summed E-state index contributed by atoms with van der Waals surface area (Å²) in [5.74, 6) is 0.372. The molecule has 234 valence electrons. The monoisotopic (exact) mass is 619 g/mol. The molecule has 1 atom stereocenters. The van der Waals surface area contributed by atoms with Gasteiger partial charge in [0.15, 0.2) is 11.5 Å². The van der Waals surface area contributed by atoms with E-state index in [0.29, 0.717) is 51.6 Å². The Morgan fingerprint density at radius 1 is 0.848 bits per heavy atom. The Labute approximate surface area is 266 Å². The van der Waals surface area contributed by atoms with Gasteiger partial charge in [0, 0.05) is 41.7 Å². The van der Waals surface area contributed by atoms with Crippen LogP contribution in [0.3, 0.4) is 0 Å². The number of fused-ring (bicyclic) bond motifs is 1. The number of rotatable bonds is 14. The molecule has 10 heteroatoms. The molecule has 0 aliphatic heterocycles. The summed E-state index contributed by atoms with van der Waals surface area (Å²) in [6, 6.07) is 29.4. The lowest BCUT2D eigenvalue weighted by molar-refractivity contribution is -0.141. The minimum Gasteiger partial charge on any atom is -0.493 e. The van der Waals surface area contributed by atoms with Crippen molar-refractivity contribution in [1.82, 2.24) is 10.3 Å². The van der Waals surface area contributed by atoms with Crippen molar-refractivity contribution in [3.8, 4) is 23.0 Å². The molecule has 0 spiro atoms. The van der Waals surface area contributed by atoms with Crippen molar-refractivity contribution in [3.63, 3.8) is 0 Å². The van der Waals surface area contributed by atoms with Gasteiger partial charge in [0.2, 0.25) is 5.91 Å². The van der Waals surface area contributed by atoms with E-state index in [1.807, 2.05) is 48.5 Å². The van der Waals surface area contributed by atoms with Gasteiger partial charge in [-0.1, -0.05) is 48.5 Å². The van der Waals surface area contributed by atoms with Crippen molar-refractivity contribution in [2.75, 3.05) is 19.0 Å². The summed E-state index contributed by atoms with van der Waals surface area (Å²) in [4.78, 5) is 41.0. The number of hydrogen-bond acceptors (Lipinski definition) is 7. The van der Waals surface area contributed by atoms with E-state index in [4.69, 9.17) is 14.2 Å². The molecule has 1 heterocycles. The van der Waals surface area contributed by atoms with Gasteiger partial charge < -0.3 is 30.0 Å². The van der Waals surface area contributed by atoms with Gasteiger partial charge in [0.05, 0.1) is 19.2 Å². The quantitative estimate of drug-likeness (QED) is 0.124. The van der Waals surface area contributed by atoms with Crippen LogP contribution in [0.2, 0.25) is 0 Å². The molecular weight excluding hydrogens is 586 g/mol. The highest BCUT2D eigenvalue weighted by molar-refractivity contribution is 6.04. The molecule has 0 fully saturated rings. The SMILES string of the molecule is COc1cc2c(Oc3ccc(NC(=O)c4ccccc4)cc3)ccnc2cc1OCCCC(=O)N[C@@H](Cc1ccccc1)C(=O)O. The lowest BCUT2D eigenvalue weighted by atomic mass is 10.1. The predicted octanol–water partition coefficient (Wildman–Crippen LogP) is 6.26. The van der Waals surface area contributed by atoms with Crippen LogP contribution in [-0.2, 0) is 16.0 Å². The van der Waals surface area contributed by atoms with Crippen molar-refractivity contribution >= 4 is 34.4 Å². The number of benzene rings is 4. The fourth-order valence-corrected chi connectivity index (χ4v) is 4.75. The third-order valence-corrected chi connectivity index (χ3v) is 7.08. The third kappa shape index (κ3) is 8.38. The van der Waals surface area contributed by atoms with Crippen LogP contribution in [0, 0.1) is 0 Å². The Kier molecular flexibility index (Phi) is 10.4. The molecule has 4 aromatic carbocycles. The molecule has 0 aliphatic rings. The average molecular weight is 620 g/mol. The lowest BCUT2D eigenvalue weighted by Gasteiger charge is -2.15. The maximum absolute atomic E-state index is 12.5. The molecule has 0 radical (unpaired) electrons. The highest BCUT2D eigenvalue weighted by Gasteiger charge is 2.20. The molecule has 0 saturated carbocycles. The summed E-state index contributed by atoms with van der Waals surface area (Å²) in [7, 11) is 1.53. The predicted molar refractivity (Wildman–Crippen MR) is 174 cm³/mol. The van der Waals surface area contributed by atoms with Crippen molar-refractivity contribution in [3.05, 3.63) is 120 Å². The van der Waals surface area contributed by atoms with E-state index in [2.05, 4.69) is 15.6 Å². The number of amides is 2. The molecule has 5 aromatic rings. The smallest absolute Gasteiger partial charge is 0.326 e. The fourth-order valence-electron chi connectivity index (χ4n) is 4.75. The minimum atomic E-state index is -1.09. The Bertz CT molecular complexity index is 1800. The summed E-state index contributed by atoms with van der Waals surface area (Å²) in [6.45, 7) is 0.203. The number of aliphatic carboxylic acids is 1. The van der Waals surface area contributed by atoms with Crippen LogP contribution < -0.4 is 24.8 Å². The van der Waals surface area contributed by atoms with Crippen LogP contribution in [-0.4, -0.2) is 47.6 Å². The molecule has 46 heavy (non-hydrogen) atoms. The number of carbonyl (C=O) groups excluding carboxylic acids is 2. The zero-order valence-corrected chi connectivity index (χ0v) is 25.1. The Morgan fingerprint density at radius 3 is 2.26 bits per heavy atom. The Morgan fingerprint density at radius 2 is 1.57 bits per heavy atom. The summed E-state index contributed by atoms with van der Waals surface area (Å²) >= 11 is 0. The van der Waals surface area contributed by atoms with Gasteiger partial charge in [0.25, 0.3) is 5.91 Å². The van der Waals surface area contributed by atoms with Crippen LogP contribution in [0.4, 0.5) is 5.69 Å². The topological polar surface area (TPSA) is 136 Å². The molecule has 1 aromatic heterocycles. The van der Waals surface area contributed by atoms with Gasteiger partial charge >= 0.3 is 5.97 Å². The van der Waals surface area contributed by atoms with Crippen molar-refractivity contribution in [1.29, 1.82) is 0 Å². The normalized spacial score (nSPS) is 11.3. The fraction of sp³-hybridized carbons (Fsp3) is 0.167. The number of aromatic nitrogens is 1. The molecule has 10 nitrogen and oxygen atoms in total. The number of hydrogen-bond donors (Lipinski definition) is 3. The van der Waals surface area contributed by atoms with E-state index < -0.39 is 12.0 Å². The number of carbonyl (C=O) groups is 3. The summed E-state index contributed by atoms with van der Waals surface area (Å²) in [5, 5.41) is 15.7. The van der Waals surface area contributed by atoms with Crippen LogP contribution in [0.15, 0.2) is 109 Å². The van der Waals surface area contributed by atoms with Crippen molar-refractivity contribution < 1.29 is 33.7 Å². The number of pyridine rings is 1. The second-order valence-corrected chi connectivity index (χ2v) is 10.4. The lowest BCUT2D eigenvalue weighted by Crippen LogP contribution is -2.42. The standard InChI is InChI=1S/C36H33N3O7/c1-44-32-22-28-29(23-33(32)45-20-8-13-34(40)39-30(36(42)43)21-24-9-4-2-5-10-24)37-19-18-31(28)46-27-16-14-26(15-17-27)38-35(41)25-11-6-3-7-12-25/h2-7,9-12,14-19,22-23,30H,8,13,20-21H2,1H3,(H,38,41)(H,39,40)(H,42,43)/t30-/m0/s1. The number of carboxylic acids is 1. The first-order valence-corrected chi connectivity index (χ1v) is 14.7. The molecule has 0 saturated heterocycles.